The van der Waals surface area contributed by atoms with Crippen molar-refractivity contribution in [2.45, 2.75) is 20.4 Å². The molecule has 100 valence electrons. The van der Waals surface area contributed by atoms with E-state index in [1.807, 2.05) is 4.57 Å². The topological polar surface area (TPSA) is 79.5 Å². The Kier molecular flexibility index (Phi) is 3.40. The van der Waals surface area contributed by atoms with Crippen LogP contribution >= 0.6 is 0 Å². The van der Waals surface area contributed by atoms with Crippen molar-refractivity contribution in [3.8, 4) is 0 Å². The molecule has 0 unspecified atom stereocenters. The highest BCUT2D eigenvalue weighted by Crippen LogP contribution is 2.27. The molecule has 0 aliphatic carbocycles. The number of ketones is 1. The molecule has 1 heterocycles. The Morgan fingerprint density at radius 3 is 2.53 bits per heavy atom. The van der Waals surface area contributed by atoms with Gasteiger partial charge < -0.3 is 14.8 Å². The van der Waals surface area contributed by atoms with Crippen LogP contribution in [0, 0.1) is 6.92 Å². The van der Waals surface area contributed by atoms with Crippen molar-refractivity contribution in [3.63, 3.8) is 0 Å². The van der Waals surface area contributed by atoms with Crippen LogP contribution in [-0.4, -0.2) is 33.1 Å². The number of carboxylic acid groups (broad SMARTS) is 1. The molecule has 1 aromatic heterocycles. The molecule has 5 nitrogen and oxygen atoms in total. The lowest BCUT2D eigenvalue weighted by Crippen LogP contribution is -2.05. The Bertz CT molecular complexity index is 670. The molecule has 0 spiro atoms. The zero-order valence-electron chi connectivity index (χ0n) is 10.8. The second kappa shape index (κ2) is 4.85. The number of carbonyl (C=O) groups is 2. The Morgan fingerprint density at radius 1 is 1.32 bits per heavy atom. The summed E-state index contributed by atoms with van der Waals surface area (Å²) in [5.41, 5.74) is 2.18. The molecular weight excluding hydrogens is 246 g/mol. The van der Waals surface area contributed by atoms with Gasteiger partial charge in [0.1, 0.15) is 0 Å². The van der Waals surface area contributed by atoms with Crippen LogP contribution < -0.4 is 0 Å². The van der Waals surface area contributed by atoms with Gasteiger partial charge in [-0.2, -0.15) is 0 Å². The minimum Gasteiger partial charge on any atom is -0.478 e. The SMILES string of the molecule is CC(=O)c1c(C)n(CCO)c2ccc(C(=O)O)cc12. The molecule has 0 atom stereocenters. The number of carbonyl (C=O) groups excluding carboxylic acids is 1. The van der Waals surface area contributed by atoms with Crippen molar-refractivity contribution in [2.75, 3.05) is 6.61 Å². The van der Waals surface area contributed by atoms with Crippen molar-refractivity contribution >= 4 is 22.7 Å². The van der Waals surface area contributed by atoms with Crippen LogP contribution in [0.2, 0.25) is 0 Å². The second-order valence-electron chi connectivity index (χ2n) is 4.43. The number of aromatic carboxylic acids is 1. The number of carboxylic acids is 1. The van der Waals surface area contributed by atoms with Gasteiger partial charge in [-0.15, -0.1) is 0 Å². The van der Waals surface area contributed by atoms with E-state index in [0.29, 0.717) is 17.5 Å². The summed E-state index contributed by atoms with van der Waals surface area (Å²) in [6.45, 7) is 3.59. The molecule has 0 saturated carbocycles. The van der Waals surface area contributed by atoms with Crippen molar-refractivity contribution in [1.82, 2.24) is 4.57 Å². The molecule has 0 saturated heterocycles. The largest absolute Gasteiger partial charge is 0.478 e. The van der Waals surface area contributed by atoms with Crippen LogP contribution in [0.4, 0.5) is 0 Å². The van der Waals surface area contributed by atoms with E-state index in [-0.39, 0.29) is 18.0 Å². The molecule has 2 aromatic rings. The number of aliphatic hydroxyl groups is 1. The number of aliphatic hydroxyl groups excluding tert-OH is 1. The van der Waals surface area contributed by atoms with Gasteiger partial charge in [0.05, 0.1) is 12.2 Å². The average molecular weight is 261 g/mol. The summed E-state index contributed by atoms with van der Waals surface area (Å²) in [5, 5.41) is 18.7. The second-order valence-corrected chi connectivity index (χ2v) is 4.43. The van der Waals surface area contributed by atoms with Crippen molar-refractivity contribution in [3.05, 3.63) is 35.0 Å². The standard InChI is InChI=1S/C14H15NO4/c1-8-13(9(2)17)11-7-10(14(18)19)3-4-12(11)15(8)5-6-16/h3-4,7,16H,5-6H2,1-2H3,(H,18,19). The Balaban J connectivity index is 2.82. The Morgan fingerprint density at radius 2 is 2.00 bits per heavy atom. The predicted molar refractivity (Wildman–Crippen MR) is 70.7 cm³/mol. The molecule has 0 radical (unpaired) electrons. The zero-order valence-corrected chi connectivity index (χ0v) is 10.8. The fraction of sp³-hybridized carbons (Fsp3) is 0.286. The number of nitrogens with zero attached hydrogens (tertiary/aromatic N) is 1. The third kappa shape index (κ3) is 2.13. The summed E-state index contributed by atoms with van der Waals surface area (Å²) in [7, 11) is 0. The third-order valence-corrected chi connectivity index (χ3v) is 3.25. The van der Waals surface area contributed by atoms with Gasteiger partial charge in [-0.25, -0.2) is 4.79 Å². The monoisotopic (exact) mass is 261 g/mol. The Hall–Kier alpha value is -2.14. The zero-order chi connectivity index (χ0) is 14.2. The first-order valence-electron chi connectivity index (χ1n) is 5.95. The van der Waals surface area contributed by atoms with Crippen LogP contribution in [-0.2, 0) is 6.54 Å². The molecule has 0 amide bonds. The van der Waals surface area contributed by atoms with Gasteiger partial charge in [-0.3, -0.25) is 4.79 Å². The van der Waals surface area contributed by atoms with Gasteiger partial charge in [0.15, 0.2) is 5.78 Å². The number of aromatic nitrogens is 1. The summed E-state index contributed by atoms with van der Waals surface area (Å²) >= 11 is 0. The van der Waals surface area contributed by atoms with E-state index in [2.05, 4.69) is 0 Å². The maximum Gasteiger partial charge on any atom is 0.335 e. The number of hydrogen-bond acceptors (Lipinski definition) is 3. The smallest absolute Gasteiger partial charge is 0.335 e. The van der Waals surface area contributed by atoms with Gasteiger partial charge in [0, 0.05) is 28.7 Å². The third-order valence-electron chi connectivity index (χ3n) is 3.25. The molecule has 2 N–H and O–H groups in total. The molecule has 0 bridgehead atoms. The molecule has 0 aliphatic rings. The summed E-state index contributed by atoms with van der Waals surface area (Å²) in [5.74, 6) is -1.13. The van der Waals surface area contributed by atoms with E-state index in [4.69, 9.17) is 10.2 Å². The van der Waals surface area contributed by atoms with E-state index in [9.17, 15) is 9.59 Å². The summed E-state index contributed by atoms with van der Waals surface area (Å²) < 4.78 is 1.83. The minimum absolute atomic E-state index is 0.0390. The maximum absolute atomic E-state index is 11.8. The van der Waals surface area contributed by atoms with Crippen LogP contribution in [0.25, 0.3) is 10.9 Å². The minimum atomic E-state index is -1.02. The van der Waals surface area contributed by atoms with E-state index >= 15 is 0 Å². The lowest BCUT2D eigenvalue weighted by atomic mass is 10.1. The fourth-order valence-electron chi connectivity index (χ4n) is 2.45. The molecule has 1 aromatic carbocycles. The lowest BCUT2D eigenvalue weighted by Gasteiger charge is -2.05. The quantitative estimate of drug-likeness (QED) is 0.823. The fourth-order valence-corrected chi connectivity index (χ4v) is 2.45. The first-order valence-corrected chi connectivity index (χ1v) is 5.95. The van der Waals surface area contributed by atoms with Crippen molar-refractivity contribution in [2.24, 2.45) is 0 Å². The van der Waals surface area contributed by atoms with E-state index in [0.717, 1.165) is 11.2 Å². The first-order chi connectivity index (χ1) is 8.97. The summed E-state index contributed by atoms with van der Waals surface area (Å²) in [6, 6.07) is 4.69. The van der Waals surface area contributed by atoms with Crippen LogP contribution in [0.5, 0.6) is 0 Å². The summed E-state index contributed by atoms with van der Waals surface area (Å²) in [6.07, 6.45) is 0. The van der Waals surface area contributed by atoms with E-state index in [1.54, 1.807) is 13.0 Å². The molecule has 2 rings (SSSR count). The number of rotatable bonds is 4. The van der Waals surface area contributed by atoms with Gasteiger partial charge in [0.25, 0.3) is 0 Å². The average Bonchev–Trinajstić information content (AvgIpc) is 2.62. The van der Waals surface area contributed by atoms with Crippen LogP contribution in [0.3, 0.4) is 0 Å². The highest BCUT2D eigenvalue weighted by molar-refractivity contribution is 6.09. The normalized spacial score (nSPS) is 10.9. The number of benzene rings is 1. The first kappa shape index (κ1) is 13.3. The van der Waals surface area contributed by atoms with Crippen molar-refractivity contribution < 1.29 is 19.8 Å². The van der Waals surface area contributed by atoms with Gasteiger partial charge in [-0.05, 0) is 32.0 Å². The maximum atomic E-state index is 11.8. The number of Topliss-reactive ketones (excluding diaryl/α,β-unsaturated/α-hetero) is 1. The van der Waals surface area contributed by atoms with Crippen LogP contribution in [0.15, 0.2) is 18.2 Å². The highest BCUT2D eigenvalue weighted by atomic mass is 16.4. The molecule has 0 fully saturated rings. The van der Waals surface area contributed by atoms with E-state index in [1.165, 1.54) is 19.1 Å². The molecular formula is C14H15NO4. The molecule has 19 heavy (non-hydrogen) atoms. The lowest BCUT2D eigenvalue weighted by molar-refractivity contribution is 0.0696. The van der Waals surface area contributed by atoms with Gasteiger partial charge in [0.2, 0.25) is 0 Å². The number of hydrogen-bond donors (Lipinski definition) is 2. The predicted octanol–water partition coefficient (Wildman–Crippen LogP) is 1.84. The van der Waals surface area contributed by atoms with E-state index < -0.39 is 5.97 Å². The summed E-state index contributed by atoms with van der Waals surface area (Å²) in [4.78, 5) is 22.8. The van der Waals surface area contributed by atoms with Crippen molar-refractivity contribution in [1.29, 1.82) is 0 Å². The molecule has 5 heteroatoms. The van der Waals surface area contributed by atoms with Crippen LogP contribution in [0.1, 0.15) is 33.3 Å². The number of fused-ring (bicyclic) bond motifs is 1. The Labute approximate surface area is 110 Å². The van der Waals surface area contributed by atoms with Gasteiger partial charge >= 0.3 is 5.97 Å². The molecule has 0 aliphatic heterocycles. The highest BCUT2D eigenvalue weighted by Gasteiger charge is 2.18. The van der Waals surface area contributed by atoms with Gasteiger partial charge in [-0.1, -0.05) is 0 Å².